The van der Waals surface area contributed by atoms with Gasteiger partial charge in [-0.3, -0.25) is 9.69 Å². The molecule has 6 nitrogen and oxygen atoms in total. The van der Waals surface area contributed by atoms with Gasteiger partial charge in [0, 0.05) is 11.0 Å². The SMILES string of the molecule is Cc1ccccc1N1C(=O)c2cc(S(N)(=O)=O)c(Cl)cc2NC1C(Br)CBr. The molecule has 2 atom stereocenters. The van der Waals surface area contributed by atoms with Crippen molar-refractivity contribution in [2.75, 3.05) is 15.5 Å². The van der Waals surface area contributed by atoms with Crippen LogP contribution in [-0.2, 0) is 10.0 Å². The maximum absolute atomic E-state index is 13.4. The summed E-state index contributed by atoms with van der Waals surface area (Å²) in [6.07, 6.45) is -0.415. The van der Waals surface area contributed by atoms with E-state index in [4.69, 9.17) is 16.7 Å². The lowest BCUT2D eigenvalue weighted by Gasteiger charge is -2.40. The molecule has 0 radical (unpaired) electrons. The quantitative estimate of drug-likeness (QED) is 0.580. The van der Waals surface area contributed by atoms with E-state index in [0.29, 0.717) is 11.0 Å². The predicted octanol–water partition coefficient (Wildman–Crippen LogP) is 3.85. The van der Waals surface area contributed by atoms with E-state index in [1.807, 2.05) is 31.2 Å². The van der Waals surface area contributed by atoms with Crippen LogP contribution >= 0.6 is 43.5 Å². The fourth-order valence-corrected chi connectivity index (χ4v) is 4.80. The summed E-state index contributed by atoms with van der Waals surface area (Å²) in [5.74, 6) is -0.338. The topological polar surface area (TPSA) is 92.5 Å². The van der Waals surface area contributed by atoms with Crippen LogP contribution in [0.4, 0.5) is 11.4 Å². The molecule has 2 aromatic carbocycles. The Balaban J connectivity index is 2.21. The summed E-state index contributed by atoms with van der Waals surface area (Å²) >= 11 is 13.1. The van der Waals surface area contributed by atoms with Crippen molar-refractivity contribution in [1.29, 1.82) is 0 Å². The van der Waals surface area contributed by atoms with E-state index in [1.54, 1.807) is 4.90 Å². The lowest BCUT2D eigenvalue weighted by Crippen LogP contribution is -2.54. The summed E-state index contributed by atoms with van der Waals surface area (Å²) < 4.78 is 23.6. The molecule has 0 aromatic heterocycles. The molecule has 0 aliphatic carbocycles. The van der Waals surface area contributed by atoms with Crippen LogP contribution in [0.2, 0.25) is 5.02 Å². The van der Waals surface area contributed by atoms with Crippen LogP contribution in [0.25, 0.3) is 0 Å². The zero-order valence-corrected chi connectivity index (χ0v) is 18.9. The number of halogens is 3. The van der Waals surface area contributed by atoms with Crippen molar-refractivity contribution < 1.29 is 13.2 Å². The Morgan fingerprint density at radius 1 is 1.33 bits per heavy atom. The Morgan fingerprint density at radius 3 is 2.59 bits per heavy atom. The number of aryl methyl sites for hydroxylation is 1. The molecule has 1 aliphatic heterocycles. The van der Waals surface area contributed by atoms with E-state index in [-0.39, 0.29) is 26.2 Å². The summed E-state index contributed by atoms with van der Waals surface area (Å²) in [5.41, 5.74) is 2.29. The van der Waals surface area contributed by atoms with Crippen LogP contribution < -0.4 is 15.4 Å². The van der Waals surface area contributed by atoms with Crippen molar-refractivity contribution in [1.82, 2.24) is 0 Å². The summed E-state index contributed by atoms with van der Waals surface area (Å²) in [4.78, 5) is 14.6. The van der Waals surface area contributed by atoms with E-state index in [9.17, 15) is 13.2 Å². The minimum absolute atomic E-state index is 0.0374. The summed E-state index contributed by atoms with van der Waals surface area (Å²) in [5, 5.41) is 9.06. The van der Waals surface area contributed by atoms with Crippen LogP contribution in [0.5, 0.6) is 0 Å². The fourth-order valence-electron chi connectivity index (χ4n) is 2.98. The maximum Gasteiger partial charge on any atom is 0.262 e. The third kappa shape index (κ3) is 3.88. The fraction of sp³-hybridized carbons (Fsp3) is 0.235. The number of para-hydroxylation sites is 1. The van der Waals surface area contributed by atoms with Gasteiger partial charge in [-0.25, -0.2) is 13.6 Å². The normalized spacial score (nSPS) is 18.0. The van der Waals surface area contributed by atoms with Crippen molar-refractivity contribution >= 4 is 70.8 Å². The van der Waals surface area contributed by atoms with Gasteiger partial charge in [0.05, 0.1) is 21.1 Å². The van der Waals surface area contributed by atoms with Crippen LogP contribution in [0.3, 0.4) is 0 Å². The zero-order chi connectivity index (χ0) is 19.9. The number of sulfonamides is 1. The third-order valence-electron chi connectivity index (χ3n) is 4.27. The van der Waals surface area contributed by atoms with Crippen molar-refractivity contribution in [2.45, 2.75) is 22.8 Å². The van der Waals surface area contributed by atoms with E-state index in [0.717, 1.165) is 11.3 Å². The van der Waals surface area contributed by atoms with Gasteiger partial charge in [-0.2, -0.15) is 0 Å². The monoisotopic (exact) mass is 535 g/mol. The Hall–Kier alpha value is -1.13. The highest BCUT2D eigenvalue weighted by Crippen LogP contribution is 2.37. The predicted molar refractivity (Wildman–Crippen MR) is 115 cm³/mol. The number of nitrogens with one attached hydrogen (secondary N) is 1. The van der Waals surface area contributed by atoms with Gasteiger partial charge in [0.25, 0.3) is 5.91 Å². The average molecular weight is 538 g/mol. The highest BCUT2D eigenvalue weighted by molar-refractivity contribution is 9.12. The summed E-state index contributed by atoms with van der Waals surface area (Å²) in [7, 11) is -4.06. The third-order valence-corrected chi connectivity index (χ3v) is 8.04. The first-order chi connectivity index (χ1) is 12.6. The second kappa shape index (κ2) is 7.71. The number of alkyl halides is 2. The second-order valence-corrected chi connectivity index (χ2v) is 9.86. The van der Waals surface area contributed by atoms with Gasteiger partial charge in [0.15, 0.2) is 0 Å². The Labute approximate surface area is 179 Å². The van der Waals surface area contributed by atoms with Gasteiger partial charge in [-0.15, -0.1) is 0 Å². The molecular formula is C17H16Br2ClN3O3S. The smallest absolute Gasteiger partial charge is 0.262 e. The maximum atomic E-state index is 13.4. The van der Waals surface area contributed by atoms with Crippen molar-refractivity contribution in [3.05, 3.63) is 52.5 Å². The lowest BCUT2D eigenvalue weighted by atomic mass is 10.0. The molecule has 0 bridgehead atoms. The van der Waals surface area contributed by atoms with Crippen LogP contribution in [0.15, 0.2) is 41.3 Å². The number of benzene rings is 2. The van der Waals surface area contributed by atoms with Crippen LogP contribution in [-0.4, -0.2) is 30.6 Å². The number of hydrogen-bond donors (Lipinski definition) is 2. The number of carbonyl (C=O) groups is 1. The first kappa shape index (κ1) is 20.6. The van der Waals surface area contributed by atoms with Gasteiger partial charge in [0.2, 0.25) is 10.0 Å². The van der Waals surface area contributed by atoms with E-state index < -0.39 is 16.2 Å². The van der Waals surface area contributed by atoms with E-state index in [2.05, 4.69) is 37.2 Å². The number of primary sulfonamides is 1. The molecule has 1 heterocycles. The number of amides is 1. The molecule has 0 spiro atoms. The standard InChI is InChI=1S/C17H16Br2ClN3O3S/c1-9-4-2-3-5-14(9)23-16(11(19)8-18)22-13-7-12(20)15(27(21,25)26)6-10(13)17(23)24/h2-7,11,16,22H,8H2,1H3,(H2,21,25,26). The van der Waals surface area contributed by atoms with E-state index in [1.165, 1.54) is 12.1 Å². The van der Waals surface area contributed by atoms with Gasteiger partial charge >= 0.3 is 0 Å². The molecule has 27 heavy (non-hydrogen) atoms. The van der Waals surface area contributed by atoms with Crippen LogP contribution in [0, 0.1) is 6.92 Å². The largest absolute Gasteiger partial charge is 0.363 e. The minimum atomic E-state index is -4.06. The number of nitrogens with zero attached hydrogens (tertiary/aromatic N) is 1. The Morgan fingerprint density at radius 2 is 2.00 bits per heavy atom. The van der Waals surface area contributed by atoms with Gasteiger partial charge in [-0.05, 0) is 30.7 Å². The zero-order valence-electron chi connectivity index (χ0n) is 14.1. The molecular weight excluding hydrogens is 522 g/mol. The highest BCUT2D eigenvalue weighted by Gasteiger charge is 2.38. The number of nitrogens with two attached hydrogens (primary N) is 1. The first-order valence-corrected chi connectivity index (χ1v) is 11.8. The molecule has 1 aliphatic rings. The second-order valence-electron chi connectivity index (χ2n) is 6.09. The average Bonchev–Trinajstić information content (AvgIpc) is 2.60. The van der Waals surface area contributed by atoms with Gasteiger partial charge in [0.1, 0.15) is 11.1 Å². The van der Waals surface area contributed by atoms with Crippen molar-refractivity contribution in [3.8, 4) is 0 Å². The molecule has 2 unspecified atom stereocenters. The number of hydrogen-bond acceptors (Lipinski definition) is 4. The van der Waals surface area contributed by atoms with Crippen molar-refractivity contribution in [3.63, 3.8) is 0 Å². The molecule has 0 saturated carbocycles. The first-order valence-electron chi connectivity index (χ1n) is 7.87. The molecule has 144 valence electrons. The number of anilines is 2. The highest BCUT2D eigenvalue weighted by atomic mass is 79.9. The van der Waals surface area contributed by atoms with E-state index >= 15 is 0 Å². The number of rotatable bonds is 4. The molecule has 0 saturated heterocycles. The molecule has 2 aromatic rings. The molecule has 10 heteroatoms. The number of carbonyl (C=O) groups excluding carboxylic acids is 1. The Kier molecular flexibility index (Phi) is 5.88. The Bertz CT molecular complexity index is 1020. The summed E-state index contributed by atoms with van der Waals surface area (Å²) in [6.45, 7) is 1.91. The minimum Gasteiger partial charge on any atom is -0.363 e. The molecule has 3 N–H and O–H groups in total. The van der Waals surface area contributed by atoms with Crippen molar-refractivity contribution in [2.24, 2.45) is 5.14 Å². The van der Waals surface area contributed by atoms with Crippen LogP contribution in [0.1, 0.15) is 15.9 Å². The molecule has 1 amide bonds. The molecule has 3 rings (SSSR count). The van der Waals surface area contributed by atoms with Gasteiger partial charge < -0.3 is 5.32 Å². The summed E-state index contributed by atoms with van der Waals surface area (Å²) in [6, 6.07) is 10.1. The lowest BCUT2D eigenvalue weighted by molar-refractivity contribution is 0.0975. The van der Waals surface area contributed by atoms with Gasteiger partial charge in [-0.1, -0.05) is 61.7 Å². The molecule has 0 fully saturated rings. The number of fused-ring (bicyclic) bond motifs is 1.